The number of aryl methyl sites for hydroxylation is 1. The van der Waals surface area contributed by atoms with Crippen LogP contribution in [0.25, 0.3) is 0 Å². The lowest BCUT2D eigenvalue weighted by atomic mass is 10.3. The molecule has 0 aliphatic rings. The van der Waals surface area contributed by atoms with Gasteiger partial charge in [-0.1, -0.05) is 0 Å². The minimum absolute atomic E-state index is 0.0432. The smallest absolute Gasteiger partial charge is 0.358 e. The van der Waals surface area contributed by atoms with E-state index in [1.165, 1.54) is 6.92 Å². The molecule has 0 saturated carbocycles. The van der Waals surface area contributed by atoms with E-state index >= 15 is 0 Å². The van der Waals surface area contributed by atoms with Crippen molar-refractivity contribution in [2.75, 3.05) is 6.54 Å². The molecule has 0 atom stereocenters. The first-order valence-electron chi connectivity index (χ1n) is 7.00. The van der Waals surface area contributed by atoms with Gasteiger partial charge in [0.15, 0.2) is 0 Å². The third-order valence-corrected chi connectivity index (χ3v) is 3.25. The molecule has 0 saturated heterocycles. The third-order valence-electron chi connectivity index (χ3n) is 3.25. The van der Waals surface area contributed by atoms with Crippen LogP contribution in [-0.4, -0.2) is 41.9 Å². The van der Waals surface area contributed by atoms with E-state index in [2.05, 4.69) is 15.5 Å². The molecule has 128 valence electrons. The van der Waals surface area contributed by atoms with Crippen molar-refractivity contribution in [2.45, 2.75) is 26.4 Å². The summed E-state index contributed by atoms with van der Waals surface area (Å²) in [6.45, 7) is 1.99. The molecular weight excluding hydrogens is 322 g/mol. The summed E-state index contributed by atoms with van der Waals surface area (Å²) in [5.41, 5.74) is -0.745. The highest BCUT2D eigenvalue weighted by atomic mass is 16.6. The molecule has 0 aliphatic carbocycles. The van der Waals surface area contributed by atoms with Crippen LogP contribution in [0.4, 0.5) is 11.5 Å². The number of rotatable bonds is 8. The minimum Gasteiger partial charge on any atom is -0.358 e. The van der Waals surface area contributed by atoms with E-state index in [1.54, 1.807) is 23.1 Å². The van der Waals surface area contributed by atoms with E-state index in [9.17, 15) is 25.0 Å². The lowest BCUT2D eigenvalue weighted by Crippen LogP contribution is -2.29. The summed E-state index contributed by atoms with van der Waals surface area (Å²) in [5.74, 6) is -1.31. The van der Waals surface area contributed by atoms with Crippen LogP contribution >= 0.6 is 0 Å². The van der Waals surface area contributed by atoms with Crippen LogP contribution in [0.1, 0.15) is 12.1 Å². The van der Waals surface area contributed by atoms with Crippen molar-refractivity contribution in [2.24, 2.45) is 0 Å². The monoisotopic (exact) mass is 337 g/mol. The maximum absolute atomic E-state index is 11.9. The number of hydrogen-bond acceptors (Lipinski definition) is 7. The zero-order chi connectivity index (χ0) is 17.7. The highest BCUT2D eigenvalue weighted by molar-refractivity contribution is 5.76. The van der Waals surface area contributed by atoms with E-state index in [0.29, 0.717) is 19.5 Å². The van der Waals surface area contributed by atoms with Crippen LogP contribution in [0.5, 0.6) is 0 Å². The molecule has 0 unspecified atom stereocenters. The van der Waals surface area contributed by atoms with Gasteiger partial charge in [-0.25, -0.2) is 0 Å². The van der Waals surface area contributed by atoms with Crippen LogP contribution in [0.2, 0.25) is 0 Å². The van der Waals surface area contributed by atoms with Gasteiger partial charge in [0, 0.05) is 25.5 Å². The Morgan fingerprint density at radius 2 is 2.08 bits per heavy atom. The number of carbonyl (C=O) groups excluding carboxylic acids is 1. The molecule has 12 nitrogen and oxygen atoms in total. The van der Waals surface area contributed by atoms with Gasteiger partial charge in [-0.15, -0.1) is 0 Å². The number of carbonyl (C=O) groups is 1. The molecule has 1 amide bonds. The topological polar surface area (TPSA) is 151 Å². The Morgan fingerprint density at radius 1 is 1.33 bits per heavy atom. The summed E-state index contributed by atoms with van der Waals surface area (Å²) >= 11 is 0. The molecular formula is C12H15N7O5. The Hall–Kier alpha value is -3.31. The van der Waals surface area contributed by atoms with Crippen molar-refractivity contribution in [1.82, 2.24) is 24.9 Å². The molecule has 2 aromatic rings. The quantitative estimate of drug-likeness (QED) is 0.416. The first kappa shape index (κ1) is 17.1. The lowest BCUT2D eigenvalue weighted by molar-refractivity contribution is -0.424. The summed E-state index contributed by atoms with van der Waals surface area (Å²) in [6.07, 6.45) is 4.10. The Bertz CT molecular complexity index is 752. The predicted molar refractivity (Wildman–Crippen MR) is 80.1 cm³/mol. The zero-order valence-electron chi connectivity index (χ0n) is 12.8. The van der Waals surface area contributed by atoms with Gasteiger partial charge < -0.3 is 15.4 Å². The second kappa shape index (κ2) is 7.30. The van der Waals surface area contributed by atoms with E-state index < -0.39 is 27.3 Å². The van der Waals surface area contributed by atoms with Gasteiger partial charge >= 0.3 is 11.5 Å². The second-order valence-corrected chi connectivity index (χ2v) is 4.90. The first-order chi connectivity index (χ1) is 11.4. The summed E-state index contributed by atoms with van der Waals surface area (Å²) < 4.78 is 2.68. The summed E-state index contributed by atoms with van der Waals surface area (Å²) in [5, 5.41) is 31.9. The number of nitrogens with one attached hydrogen (secondary N) is 1. The number of nitrogens with zero attached hydrogens (tertiary/aromatic N) is 6. The zero-order valence-corrected chi connectivity index (χ0v) is 12.8. The number of amides is 1. The lowest BCUT2D eigenvalue weighted by Gasteiger charge is -2.04. The van der Waals surface area contributed by atoms with Gasteiger partial charge in [-0.05, 0) is 24.3 Å². The van der Waals surface area contributed by atoms with Gasteiger partial charge in [-0.3, -0.25) is 19.6 Å². The van der Waals surface area contributed by atoms with Crippen molar-refractivity contribution in [3.63, 3.8) is 0 Å². The van der Waals surface area contributed by atoms with Gasteiger partial charge in [0.2, 0.25) is 5.91 Å². The van der Waals surface area contributed by atoms with Crippen LogP contribution in [0.15, 0.2) is 18.5 Å². The molecule has 12 heteroatoms. The highest BCUT2D eigenvalue weighted by Crippen LogP contribution is 2.28. The predicted octanol–water partition coefficient (Wildman–Crippen LogP) is 0.411. The fraction of sp³-hybridized carbons (Fsp3) is 0.417. The van der Waals surface area contributed by atoms with Crippen LogP contribution in [0, 0.1) is 27.2 Å². The molecule has 0 fully saturated rings. The molecule has 2 heterocycles. The Labute approximate surface area is 135 Å². The molecule has 2 rings (SSSR count). The largest absolute Gasteiger partial charge is 0.468 e. The summed E-state index contributed by atoms with van der Waals surface area (Å²) in [6, 6.07) is 1.79. The minimum atomic E-state index is -0.941. The first-order valence-corrected chi connectivity index (χ1v) is 7.00. The standard InChI is InChI=1S/C12H15N7O5/c1-9-11(18(21)22)12(19(23)24)15-17(9)8-10(20)13-4-2-6-16-7-3-5-14-16/h3,5,7H,2,4,6,8H2,1H3,(H,13,20). The summed E-state index contributed by atoms with van der Waals surface area (Å²) in [7, 11) is 0. The van der Waals surface area contributed by atoms with Crippen molar-refractivity contribution in [3.8, 4) is 0 Å². The van der Waals surface area contributed by atoms with Gasteiger partial charge in [0.1, 0.15) is 12.2 Å². The Morgan fingerprint density at radius 3 is 2.62 bits per heavy atom. The molecule has 0 aliphatic heterocycles. The number of hydrogen-bond donors (Lipinski definition) is 1. The normalized spacial score (nSPS) is 10.5. The van der Waals surface area contributed by atoms with Gasteiger partial charge in [0.25, 0.3) is 0 Å². The van der Waals surface area contributed by atoms with Crippen molar-refractivity contribution in [3.05, 3.63) is 44.4 Å². The van der Waals surface area contributed by atoms with Crippen LogP contribution in [0.3, 0.4) is 0 Å². The highest BCUT2D eigenvalue weighted by Gasteiger charge is 2.35. The SMILES string of the molecule is Cc1c([N+](=O)[O-])c([N+](=O)[O-])nn1CC(=O)NCCCn1cccn1. The maximum atomic E-state index is 11.9. The Balaban J connectivity index is 1.92. The second-order valence-electron chi connectivity index (χ2n) is 4.90. The van der Waals surface area contributed by atoms with E-state index in [4.69, 9.17) is 0 Å². The van der Waals surface area contributed by atoms with E-state index in [0.717, 1.165) is 4.68 Å². The molecule has 0 radical (unpaired) electrons. The fourth-order valence-electron chi connectivity index (χ4n) is 2.10. The number of nitro groups is 2. The third kappa shape index (κ3) is 3.91. The average molecular weight is 337 g/mol. The van der Waals surface area contributed by atoms with Crippen LogP contribution < -0.4 is 5.32 Å². The summed E-state index contributed by atoms with van der Waals surface area (Å²) in [4.78, 5) is 31.8. The average Bonchev–Trinajstić information content (AvgIpc) is 3.12. The van der Waals surface area contributed by atoms with E-state index in [1.807, 2.05) is 0 Å². The number of aromatic nitrogens is 4. The molecule has 24 heavy (non-hydrogen) atoms. The molecule has 0 bridgehead atoms. The van der Waals surface area contributed by atoms with Gasteiger partial charge in [0.05, 0.1) is 10.0 Å². The molecule has 2 aromatic heterocycles. The van der Waals surface area contributed by atoms with Crippen molar-refractivity contribution in [1.29, 1.82) is 0 Å². The maximum Gasteiger partial charge on any atom is 0.468 e. The van der Waals surface area contributed by atoms with Gasteiger partial charge in [-0.2, -0.15) is 9.78 Å². The van der Waals surface area contributed by atoms with Crippen molar-refractivity contribution < 1.29 is 14.6 Å². The molecule has 1 N–H and O–H groups in total. The molecule has 0 spiro atoms. The Kier molecular flexibility index (Phi) is 5.19. The van der Waals surface area contributed by atoms with Crippen LogP contribution in [-0.2, 0) is 17.9 Å². The molecule has 0 aromatic carbocycles. The fourth-order valence-corrected chi connectivity index (χ4v) is 2.10. The van der Waals surface area contributed by atoms with Crippen molar-refractivity contribution >= 4 is 17.4 Å². The van der Waals surface area contributed by atoms with E-state index in [-0.39, 0.29) is 12.2 Å².